The van der Waals surface area contributed by atoms with Crippen molar-refractivity contribution in [3.05, 3.63) is 0 Å². The molecule has 0 aromatic carbocycles. The minimum absolute atomic E-state index is 0.493. The van der Waals surface area contributed by atoms with E-state index in [1.807, 2.05) is 11.8 Å². The maximum atomic E-state index is 3.69. The van der Waals surface area contributed by atoms with Gasteiger partial charge < -0.3 is 5.32 Å². The lowest BCUT2D eigenvalue weighted by Crippen LogP contribution is -2.23. The van der Waals surface area contributed by atoms with Crippen molar-refractivity contribution in [2.45, 2.75) is 46.6 Å². The van der Waals surface area contributed by atoms with Crippen LogP contribution >= 0.6 is 11.8 Å². The van der Waals surface area contributed by atoms with Crippen LogP contribution in [0.15, 0.2) is 0 Å². The number of thioether (sulfide) groups is 1. The molecule has 1 nitrogen and oxygen atoms in total. The van der Waals surface area contributed by atoms with Gasteiger partial charge in [0, 0.05) is 6.04 Å². The van der Waals surface area contributed by atoms with E-state index in [0.29, 0.717) is 10.8 Å². The number of hydrogen-bond acceptors (Lipinski definition) is 2. The maximum absolute atomic E-state index is 3.69. The highest BCUT2D eigenvalue weighted by atomic mass is 32.2. The van der Waals surface area contributed by atoms with Gasteiger partial charge in [-0.15, -0.1) is 0 Å². The van der Waals surface area contributed by atoms with Gasteiger partial charge in [-0.05, 0) is 42.2 Å². The molecule has 0 spiro atoms. The fourth-order valence-electron chi connectivity index (χ4n) is 2.32. The van der Waals surface area contributed by atoms with Gasteiger partial charge in [0.1, 0.15) is 0 Å². The standard InChI is InChI=1S/C12H25NS/c1-11(2)10(12(11,3)4)13-8-6-7-9-14-5/h10,13H,6-9H2,1-5H3. The second-order valence-corrected chi connectivity index (χ2v) is 6.52. The zero-order valence-electron chi connectivity index (χ0n) is 10.3. The van der Waals surface area contributed by atoms with Gasteiger partial charge in [-0.3, -0.25) is 0 Å². The van der Waals surface area contributed by atoms with Gasteiger partial charge >= 0.3 is 0 Å². The minimum Gasteiger partial charge on any atom is -0.313 e. The summed E-state index contributed by atoms with van der Waals surface area (Å²) in [4.78, 5) is 0. The van der Waals surface area contributed by atoms with Crippen LogP contribution < -0.4 is 5.32 Å². The van der Waals surface area contributed by atoms with E-state index in [-0.39, 0.29) is 0 Å². The van der Waals surface area contributed by atoms with Crippen LogP contribution in [0, 0.1) is 10.8 Å². The fourth-order valence-corrected chi connectivity index (χ4v) is 2.82. The molecule has 2 heteroatoms. The molecule has 1 aliphatic carbocycles. The van der Waals surface area contributed by atoms with Gasteiger partial charge in [-0.25, -0.2) is 0 Å². The molecule has 0 bridgehead atoms. The molecule has 1 rings (SSSR count). The summed E-state index contributed by atoms with van der Waals surface area (Å²) in [6, 6.07) is 0.726. The van der Waals surface area contributed by atoms with E-state index in [9.17, 15) is 0 Å². The molecule has 1 N–H and O–H groups in total. The summed E-state index contributed by atoms with van der Waals surface area (Å²) >= 11 is 1.95. The lowest BCUT2D eigenvalue weighted by Gasteiger charge is -2.05. The van der Waals surface area contributed by atoms with Crippen molar-refractivity contribution in [3.8, 4) is 0 Å². The van der Waals surface area contributed by atoms with Crippen molar-refractivity contribution < 1.29 is 0 Å². The second kappa shape index (κ2) is 4.44. The SMILES string of the molecule is CSCCCCNC1C(C)(C)C1(C)C. The van der Waals surface area contributed by atoms with E-state index in [2.05, 4.69) is 39.3 Å². The van der Waals surface area contributed by atoms with Crippen molar-refractivity contribution in [2.24, 2.45) is 10.8 Å². The molecule has 0 aliphatic heterocycles. The largest absolute Gasteiger partial charge is 0.313 e. The Morgan fingerprint density at radius 2 is 1.64 bits per heavy atom. The third kappa shape index (κ3) is 2.27. The quantitative estimate of drug-likeness (QED) is 0.683. The molecule has 0 atom stereocenters. The van der Waals surface area contributed by atoms with Gasteiger partial charge in [0.15, 0.2) is 0 Å². The lowest BCUT2D eigenvalue weighted by atomic mass is 10.0. The number of nitrogens with one attached hydrogen (secondary N) is 1. The Morgan fingerprint density at radius 3 is 2.07 bits per heavy atom. The molecular formula is C12H25NS. The average molecular weight is 215 g/mol. The zero-order valence-corrected chi connectivity index (χ0v) is 11.1. The van der Waals surface area contributed by atoms with Crippen LogP contribution in [-0.4, -0.2) is 24.6 Å². The predicted molar refractivity (Wildman–Crippen MR) is 67.0 cm³/mol. The molecule has 0 radical (unpaired) electrons. The van der Waals surface area contributed by atoms with Crippen molar-refractivity contribution in [2.75, 3.05) is 18.6 Å². The maximum Gasteiger partial charge on any atom is 0.0181 e. The summed E-state index contributed by atoms with van der Waals surface area (Å²) in [6.07, 6.45) is 4.85. The van der Waals surface area contributed by atoms with E-state index in [4.69, 9.17) is 0 Å². The minimum atomic E-state index is 0.493. The first-order valence-corrected chi connectivity index (χ1v) is 7.06. The first-order valence-electron chi connectivity index (χ1n) is 5.67. The molecule has 0 aromatic heterocycles. The Balaban J connectivity index is 2.10. The number of rotatable bonds is 6. The molecule has 1 fully saturated rings. The normalized spacial score (nSPS) is 23.8. The summed E-state index contributed by atoms with van der Waals surface area (Å²) in [5.74, 6) is 1.30. The second-order valence-electron chi connectivity index (χ2n) is 5.53. The molecule has 0 heterocycles. The zero-order chi connectivity index (χ0) is 10.8. The van der Waals surface area contributed by atoms with Gasteiger partial charge in [0.2, 0.25) is 0 Å². The van der Waals surface area contributed by atoms with Crippen LogP contribution in [-0.2, 0) is 0 Å². The van der Waals surface area contributed by atoms with E-state index >= 15 is 0 Å². The topological polar surface area (TPSA) is 12.0 Å². The van der Waals surface area contributed by atoms with Crippen molar-refractivity contribution in [1.82, 2.24) is 5.32 Å². The molecule has 0 unspecified atom stereocenters. The van der Waals surface area contributed by atoms with Crippen LogP contribution in [0.25, 0.3) is 0 Å². The molecule has 14 heavy (non-hydrogen) atoms. The van der Waals surface area contributed by atoms with E-state index in [0.717, 1.165) is 6.04 Å². The van der Waals surface area contributed by atoms with Crippen molar-refractivity contribution in [1.29, 1.82) is 0 Å². The molecule has 1 aliphatic rings. The number of unbranched alkanes of at least 4 members (excludes halogenated alkanes) is 1. The Hall–Kier alpha value is 0.310. The first-order chi connectivity index (χ1) is 6.44. The molecule has 0 amide bonds. The summed E-state index contributed by atoms with van der Waals surface area (Å²) in [5.41, 5.74) is 0.985. The van der Waals surface area contributed by atoms with Gasteiger partial charge in [-0.2, -0.15) is 11.8 Å². The fraction of sp³-hybridized carbons (Fsp3) is 1.00. The summed E-state index contributed by atoms with van der Waals surface area (Å²) in [7, 11) is 0. The number of hydrogen-bond donors (Lipinski definition) is 1. The molecule has 1 saturated carbocycles. The van der Waals surface area contributed by atoms with E-state index in [1.165, 1.54) is 25.1 Å². The van der Waals surface area contributed by atoms with Crippen LogP contribution in [0.1, 0.15) is 40.5 Å². The first kappa shape index (κ1) is 12.4. The lowest BCUT2D eigenvalue weighted by molar-refractivity contribution is 0.457. The van der Waals surface area contributed by atoms with Crippen LogP contribution in [0.2, 0.25) is 0 Å². The van der Waals surface area contributed by atoms with E-state index < -0.39 is 0 Å². The third-order valence-electron chi connectivity index (χ3n) is 4.14. The van der Waals surface area contributed by atoms with Gasteiger partial charge in [0.25, 0.3) is 0 Å². The summed E-state index contributed by atoms with van der Waals surface area (Å²) < 4.78 is 0. The van der Waals surface area contributed by atoms with Crippen molar-refractivity contribution in [3.63, 3.8) is 0 Å². The monoisotopic (exact) mass is 215 g/mol. The van der Waals surface area contributed by atoms with E-state index in [1.54, 1.807) is 0 Å². The highest BCUT2D eigenvalue weighted by Crippen LogP contribution is 2.62. The summed E-state index contributed by atoms with van der Waals surface area (Å²) in [5, 5.41) is 3.69. The Bertz CT molecular complexity index is 173. The highest BCUT2D eigenvalue weighted by Gasteiger charge is 2.64. The molecular weight excluding hydrogens is 190 g/mol. The predicted octanol–water partition coefficient (Wildman–Crippen LogP) is 3.15. The van der Waals surface area contributed by atoms with Crippen LogP contribution in [0.5, 0.6) is 0 Å². The van der Waals surface area contributed by atoms with Crippen LogP contribution in [0.3, 0.4) is 0 Å². The average Bonchev–Trinajstić information content (AvgIpc) is 2.46. The molecule has 0 aromatic rings. The Kier molecular flexibility index (Phi) is 3.93. The molecule has 0 saturated heterocycles. The third-order valence-corrected chi connectivity index (χ3v) is 4.84. The Morgan fingerprint density at radius 1 is 1.07 bits per heavy atom. The van der Waals surface area contributed by atoms with Gasteiger partial charge in [-0.1, -0.05) is 27.7 Å². The van der Waals surface area contributed by atoms with Crippen molar-refractivity contribution >= 4 is 11.8 Å². The molecule has 84 valence electrons. The summed E-state index contributed by atoms with van der Waals surface area (Å²) in [6.45, 7) is 10.7. The highest BCUT2D eigenvalue weighted by molar-refractivity contribution is 7.98. The Labute approximate surface area is 93.4 Å². The van der Waals surface area contributed by atoms with Gasteiger partial charge in [0.05, 0.1) is 0 Å². The smallest absolute Gasteiger partial charge is 0.0181 e. The van der Waals surface area contributed by atoms with Crippen LogP contribution in [0.4, 0.5) is 0 Å².